The van der Waals surface area contributed by atoms with Crippen LogP contribution in [0.2, 0.25) is 0 Å². The van der Waals surface area contributed by atoms with Crippen LogP contribution in [0.3, 0.4) is 0 Å². The van der Waals surface area contributed by atoms with Gasteiger partial charge in [-0.1, -0.05) is 43.3 Å². The predicted molar refractivity (Wildman–Crippen MR) is 145 cm³/mol. The Bertz CT molecular complexity index is 1570. The van der Waals surface area contributed by atoms with Crippen molar-refractivity contribution in [1.82, 2.24) is 0 Å². The molecule has 2 N–H and O–H groups in total. The summed E-state index contributed by atoms with van der Waals surface area (Å²) in [4.78, 5) is 27.3. The first-order valence-electron chi connectivity index (χ1n) is 12.7. The van der Waals surface area contributed by atoms with Gasteiger partial charge < -0.3 is 19.8 Å². The second-order valence-electron chi connectivity index (χ2n) is 9.60. The molecule has 1 aromatic heterocycles. The van der Waals surface area contributed by atoms with Gasteiger partial charge in [0.05, 0.1) is 35.0 Å². The average molecular weight is 493 g/mol. The normalized spacial score (nSPS) is 18.9. The maximum Gasteiger partial charge on any atom is 0.198 e. The summed E-state index contributed by atoms with van der Waals surface area (Å²) >= 11 is 0. The number of nitrogens with one attached hydrogen (secondary N) is 2. The summed E-state index contributed by atoms with van der Waals surface area (Å²) in [5.74, 6) is 0.877. The number of rotatable bonds is 5. The minimum atomic E-state index is -0.620. The van der Waals surface area contributed by atoms with Gasteiger partial charge in [-0.15, -0.1) is 0 Å². The van der Waals surface area contributed by atoms with Crippen molar-refractivity contribution in [3.63, 3.8) is 0 Å². The van der Waals surface area contributed by atoms with E-state index in [0.717, 1.165) is 34.8 Å². The summed E-state index contributed by atoms with van der Waals surface area (Å²) in [6.07, 6.45) is 3.47. The van der Waals surface area contributed by atoms with Crippen LogP contribution in [0.4, 0.5) is 11.4 Å². The van der Waals surface area contributed by atoms with Crippen LogP contribution in [0.15, 0.2) is 99.5 Å². The zero-order valence-corrected chi connectivity index (χ0v) is 20.6. The zero-order chi connectivity index (χ0) is 25.4. The zero-order valence-electron chi connectivity index (χ0n) is 20.6. The van der Waals surface area contributed by atoms with Crippen molar-refractivity contribution in [1.29, 1.82) is 0 Å². The molecule has 37 heavy (non-hydrogen) atoms. The number of hydrogen-bond donors (Lipinski definition) is 2. The van der Waals surface area contributed by atoms with E-state index in [2.05, 4.69) is 17.6 Å². The van der Waals surface area contributed by atoms with Crippen molar-refractivity contribution in [3.05, 3.63) is 112 Å². The Hall–Kier alpha value is -4.32. The highest BCUT2D eigenvalue weighted by Crippen LogP contribution is 2.44. The molecule has 0 amide bonds. The molecule has 2 heterocycles. The number of anilines is 2. The van der Waals surface area contributed by atoms with E-state index in [4.69, 9.17) is 9.15 Å². The van der Waals surface area contributed by atoms with Crippen molar-refractivity contribution >= 4 is 28.1 Å². The highest BCUT2D eigenvalue weighted by Gasteiger charge is 2.37. The smallest absolute Gasteiger partial charge is 0.198 e. The van der Waals surface area contributed by atoms with Gasteiger partial charge in [0.1, 0.15) is 17.6 Å². The number of Topliss-reactive ketones (excluding diaryl/α,β-unsaturated/α-hetero) is 1. The van der Waals surface area contributed by atoms with E-state index >= 15 is 0 Å². The van der Waals surface area contributed by atoms with Gasteiger partial charge in [-0.3, -0.25) is 9.59 Å². The molecule has 0 fully saturated rings. The lowest BCUT2D eigenvalue weighted by Gasteiger charge is -2.29. The summed E-state index contributed by atoms with van der Waals surface area (Å²) in [5.41, 5.74) is 5.05. The third-order valence-corrected chi connectivity index (χ3v) is 7.15. The van der Waals surface area contributed by atoms with E-state index in [9.17, 15) is 9.59 Å². The Balaban J connectivity index is 1.42. The number of ether oxygens (including phenoxy) is 1. The fraction of sp³-hybridized carbons (Fsp3) is 0.226. The van der Waals surface area contributed by atoms with Crippen LogP contribution in [-0.2, 0) is 4.79 Å². The van der Waals surface area contributed by atoms with E-state index in [-0.39, 0.29) is 17.1 Å². The summed E-state index contributed by atoms with van der Waals surface area (Å²) in [6, 6.07) is 22.4. The van der Waals surface area contributed by atoms with Crippen LogP contribution in [0.5, 0.6) is 5.75 Å². The topological polar surface area (TPSA) is 80.6 Å². The predicted octanol–water partition coefficient (Wildman–Crippen LogP) is 6.56. The molecule has 0 spiro atoms. The number of para-hydroxylation sites is 3. The summed E-state index contributed by atoms with van der Waals surface area (Å²) in [5, 5.41) is 7.50. The monoisotopic (exact) mass is 492 g/mol. The molecule has 6 rings (SSSR count). The fourth-order valence-corrected chi connectivity index (χ4v) is 5.31. The van der Waals surface area contributed by atoms with Gasteiger partial charge in [0.2, 0.25) is 0 Å². The van der Waals surface area contributed by atoms with E-state index < -0.39 is 6.04 Å². The molecule has 0 radical (unpaired) electrons. The molecule has 2 aliphatic rings. The molecular weight excluding hydrogens is 464 g/mol. The number of carbonyl (C=O) groups excluding carboxylic acids is 1. The van der Waals surface area contributed by atoms with E-state index in [1.54, 1.807) is 12.1 Å². The lowest BCUT2D eigenvalue weighted by atomic mass is 9.78. The summed E-state index contributed by atoms with van der Waals surface area (Å²) < 4.78 is 11.6. The Kier molecular flexibility index (Phi) is 6.01. The number of allylic oxidation sites excluding steroid dienone is 1. The number of carbonyl (C=O) groups is 1. The molecule has 3 aromatic carbocycles. The number of ketones is 1. The van der Waals surface area contributed by atoms with Crippen molar-refractivity contribution in [2.75, 3.05) is 17.2 Å². The largest absolute Gasteiger partial charge is 0.494 e. The molecular formula is C31H28N2O4. The van der Waals surface area contributed by atoms with Crippen molar-refractivity contribution in [3.8, 4) is 5.75 Å². The fourth-order valence-electron chi connectivity index (χ4n) is 5.31. The van der Waals surface area contributed by atoms with E-state index in [1.807, 2.05) is 60.7 Å². The summed E-state index contributed by atoms with van der Waals surface area (Å²) in [6.45, 7) is 2.76. The second-order valence-corrected chi connectivity index (χ2v) is 9.60. The molecule has 2 unspecified atom stereocenters. The molecule has 0 saturated carbocycles. The molecule has 6 heteroatoms. The SMILES string of the molecule is CCCOc1ccc(C2CC(=O)C3=C(C2)Nc2ccccc2NC3c2coc3ccccc3c2=O)cc1. The maximum absolute atomic E-state index is 13.8. The Morgan fingerprint density at radius 2 is 1.68 bits per heavy atom. The Morgan fingerprint density at radius 3 is 2.49 bits per heavy atom. The van der Waals surface area contributed by atoms with Crippen LogP contribution >= 0.6 is 0 Å². The van der Waals surface area contributed by atoms with Gasteiger partial charge in [-0.05, 0) is 60.7 Å². The molecule has 6 nitrogen and oxygen atoms in total. The van der Waals surface area contributed by atoms with Crippen LogP contribution in [0.25, 0.3) is 11.0 Å². The third-order valence-electron chi connectivity index (χ3n) is 7.15. The van der Waals surface area contributed by atoms with Crippen molar-refractivity contribution < 1.29 is 13.9 Å². The van der Waals surface area contributed by atoms with Gasteiger partial charge in [-0.2, -0.15) is 0 Å². The summed E-state index contributed by atoms with van der Waals surface area (Å²) in [7, 11) is 0. The van der Waals surface area contributed by atoms with Crippen LogP contribution in [0, 0.1) is 0 Å². The molecule has 1 aliphatic carbocycles. The standard InChI is InChI=1S/C31H28N2O4/c1-2-15-36-21-13-11-19(12-14-21)20-16-26-29(27(34)17-20)30(33-25-9-5-4-8-24(25)32-26)23-18-37-28-10-6-3-7-22(28)31(23)35/h3-14,18,20,30,32-33H,2,15-17H2,1H3. The second kappa shape index (κ2) is 9.62. The molecule has 2 atom stereocenters. The highest BCUT2D eigenvalue weighted by molar-refractivity contribution is 6.01. The molecule has 4 aromatic rings. The third kappa shape index (κ3) is 4.29. The van der Waals surface area contributed by atoms with Crippen LogP contribution < -0.4 is 20.8 Å². The van der Waals surface area contributed by atoms with Crippen molar-refractivity contribution in [2.45, 2.75) is 38.1 Å². The van der Waals surface area contributed by atoms with E-state index in [1.165, 1.54) is 6.26 Å². The minimum absolute atomic E-state index is 0.0166. The molecule has 0 bridgehead atoms. The quantitative estimate of drug-likeness (QED) is 0.328. The highest BCUT2D eigenvalue weighted by atomic mass is 16.5. The number of fused-ring (bicyclic) bond motifs is 2. The van der Waals surface area contributed by atoms with Gasteiger partial charge in [0, 0.05) is 17.7 Å². The van der Waals surface area contributed by atoms with E-state index in [0.29, 0.717) is 41.6 Å². The first-order chi connectivity index (χ1) is 18.1. The lowest BCUT2D eigenvalue weighted by Crippen LogP contribution is -2.29. The first-order valence-corrected chi connectivity index (χ1v) is 12.7. The average Bonchev–Trinajstić information content (AvgIpc) is 3.09. The van der Waals surface area contributed by atoms with Gasteiger partial charge >= 0.3 is 0 Å². The van der Waals surface area contributed by atoms with Crippen molar-refractivity contribution in [2.24, 2.45) is 0 Å². The number of hydrogen-bond acceptors (Lipinski definition) is 6. The number of benzene rings is 3. The van der Waals surface area contributed by atoms with Gasteiger partial charge in [0.25, 0.3) is 0 Å². The Labute approximate surface area is 215 Å². The van der Waals surface area contributed by atoms with Crippen LogP contribution in [-0.4, -0.2) is 12.4 Å². The minimum Gasteiger partial charge on any atom is -0.494 e. The lowest BCUT2D eigenvalue weighted by molar-refractivity contribution is -0.116. The van der Waals surface area contributed by atoms with Gasteiger partial charge in [0.15, 0.2) is 11.2 Å². The molecule has 186 valence electrons. The van der Waals surface area contributed by atoms with Gasteiger partial charge in [-0.25, -0.2) is 0 Å². The molecule has 1 aliphatic heterocycles. The maximum atomic E-state index is 13.8. The Morgan fingerprint density at radius 1 is 0.919 bits per heavy atom. The van der Waals surface area contributed by atoms with Crippen LogP contribution in [0.1, 0.15) is 49.3 Å². The first kappa shape index (κ1) is 23.1. The molecule has 0 saturated heterocycles.